The fourth-order valence-corrected chi connectivity index (χ4v) is 2.45. The van der Waals surface area contributed by atoms with Crippen LogP contribution in [0, 0.1) is 10.1 Å². The van der Waals surface area contributed by atoms with Crippen molar-refractivity contribution < 1.29 is 19.6 Å². The van der Waals surface area contributed by atoms with Gasteiger partial charge in [0.15, 0.2) is 0 Å². The molecular weight excluding hydrogens is 386 g/mol. The number of nitro groups is 1. The van der Waals surface area contributed by atoms with Gasteiger partial charge in [-0.15, -0.1) is 0 Å². The molecule has 0 fully saturated rings. The third-order valence-corrected chi connectivity index (χ3v) is 3.98. The number of nitro benzene ring substituents is 1. The quantitative estimate of drug-likeness (QED) is 0.270. The number of amides is 2. The van der Waals surface area contributed by atoms with Crippen LogP contribution in [0.25, 0.3) is 6.08 Å². The lowest BCUT2D eigenvalue weighted by atomic mass is 10.1. The van der Waals surface area contributed by atoms with Gasteiger partial charge in [-0.1, -0.05) is 23.7 Å². The number of rotatable bonds is 8. The van der Waals surface area contributed by atoms with E-state index in [1.54, 1.807) is 18.2 Å². The van der Waals surface area contributed by atoms with Gasteiger partial charge in [-0.3, -0.25) is 19.7 Å². The SMILES string of the molecule is O=C(NCCCO)/C(=C\c1ccc([N+](=O)[O-])cc1)NC(=O)c1ccccc1Cl. The summed E-state index contributed by atoms with van der Waals surface area (Å²) in [6.45, 7) is 0.128. The molecule has 9 heteroatoms. The Hall–Kier alpha value is -3.23. The van der Waals surface area contributed by atoms with Gasteiger partial charge in [0, 0.05) is 25.3 Å². The molecule has 0 spiro atoms. The third-order valence-electron chi connectivity index (χ3n) is 3.65. The van der Waals surface area contributed by atoms with Crippen LogP contribution in [0.15, 0.2) is 54.2 Å². The largest absolute Gasteiger partial charge is 0.396 e. The van der Waals surface area contributed by atoms with Crippen LogP contribution in [-0.2, 0) is 4.79 Å². The minimum Gasteiger partial charge on any atom is -0.396 e. The molecule has 2 rings (SSSR count). The number of hydrogen-bond acceptors (Lipinski definition) is 5. The molecular formula is C19H18ClN3O5. The second-order valence-corrected chi connectivity index (χ2v) is 6.08. The smallest absolute Gasteiger partial charge is 0.269 e. The van der Waals surface area contributed by atoms with Crippen LogP contribution in [0.4, 0.5) is 5.69 Å². The molecule has 8 nitrogen and oxygen atoms in total. The molecule has 0 saturated heterocycles. The number of halogens is 1. The van der Waals surface area contributed by atoms with Crippen LogP contribution in [0.2, 0.25) is 5.02 Å². The van der Waals surface area contributed by atoms with Crippen molar-refractivity contribution in [3.63, 3.8) is 0 Å². The van der Waals surface area contributed by atoms with Crippen molar-refractivity contribution in [3.05, 3.63) is 80.5 Å². The Balaban J connectivity index is 2.28. The summed E-state index contributed by atoms with van der Waals surface area (Å²) in [6.07, 6.45) is 1.75. The van der Waals surface area contributed by atoms with Gasteiger partial charge in [0.1, 0.15) is 5.70 Å². The highest BCUT2D eigenvalue weighted by molar-refractivity contribution is 6.34. The van der Waals surface area contributed by atoms with Crippen LogP contribution in [-0.4, -0.2) is 35.0 Å². The van der Waals surface area contributed by atoms with Gasteiger partial charge in [0.25, 0.3) is 17.5 Å². The molecule has 2 aromatic rings. The first-order valence-corrected chi connectivity index (χ1v) is 8.71. The molecule has 0 aliphatic rings. The van der Waals surface area contributed by atoms with Crippen molar-refractivity contribution in [2.45, 2.75) is 6.42 Å². The standard InChI is InChI=1S/C19H18ClN3O5/c20-16-5-2-1-4-15(16)18(25)22-17(19(26)21-10-3-11-24)12-13-6-8-14(9-7-13)23(27)28/h1-2,4-9,12,24H,3,10-11H2,(H,21,26)(H,22,25)/b17-12+. The summed E-state index contributed by atoms with van der Waals surface area (Å²) in [4.78, 5) is 35.2. The normalized spacial score (nSPS) is 11.0. The monoisotopic (exact) mass is 403 g/mol. The summed E-state index contributed by atoms with van der Waals surface area (Å²) in [5, 5.41) is 24.9. The van der Waals surface area contributed by atoms with Gasteiger partial charge >= 0.3 is 0 Å². The van der Waals surface area contributed by atoms with Gasteiger partial charge in [-0.05, 0) is 42.3 Å². The molecule has 0 radical (unpaired) electrons. The van der Waals surface area contributed by atoms with E-state index in [1.807, 2.05) is 0 Å². The summed E-state index contributed by atoms with van der Waals surface area (Å²) < 4.78 is 0. The second kappa shape index (κ2) is 10.2. The highest BCUT2D eigenvalue weighted by Gasteiger charge is 2.16. The fourth-order valence-electron chi connectivity index (χ4n) is 2.23. The summed E-state index contributed by atoms with van der Waals surface area (Å²) in [5.74, 6) is -1.14. The van der Waals surface area contributed by atoms with Crippen molar-refractivity contribution in [2.24, 2.45) is 0 Å². The Morgan fingerprint density at radius 3 is 2.43 bits per heavy atom. The Labute approximate surface area is 166 Å². The van der Waals surface area contributed by atoms with Gasteiger partial charge in [-0.25, -0.2) is 0 Å². The first-order valence-electron chi connectivity index (χ1n) is 8.33. The zero-order valence-electron chi connectivity index (χ0n) is 14.7. The molecule has 0 heterocycles. The zero-order chi connectivity index (χ0) is 20.5. The molecule has 0 unspecified atom stereocenters. The lowest BCUT2D eigenvalue weighted by molar-refractivity contribution is -0.384. The topological polar surface area (TPSA) is 122 Å². The maximum atomic E-state index is 12.5. The first-order chi connectivity index (χ1) is 13.4. The first kappa shape index (κ1) is 21.1. The predicted octanol–water partition coefficient (Wildman–Crippen LogP) is 2.52. The van der Waals surface area contributed by atoms with Crippen molar-refractivity contribution in [3.8, 4) is 0 Å². The van der Waals surface area contributed by atoms with Gasteiger partial charge < -0.3 is 15.7 Å². The lowest BCUT2D eigenvalue weighted by Gasteiger charge is -2.11. The highest BCUT2D eigenvalue weighted by Crippen LogP contribution is 2.17. The number of benzene rings is 2. The van der Waals surface area contributed by atoms with Crippen molar-refractivity contribution in [2.75, 3.05) is 13.2 Å². The number of carbonyl (C=O) groups is 2. The minimum atomic E-state index is -0.573. The van der Waals surface area contributed by atoms with Crippen LogP contribution in [0.3, 0.4) is 0 Å². The molecule has 2 amide bonds. The van der Waals surface area contributed by atoms with E-state index in [4.69, 9.17) is 16.7 Å². The third kappa shape index (κ3) is 5.90. The maximum absolute atomic E-state index is 12.5. The molecule has 2 aromatic carbocycles. The maximum Gasteiger partial charge on any atom is 0.269 e. The molecule has 0 bridgehead atoms. The average Bonchev–Trinajstić information content (AvgIpc) is 2.68. The number of aliphatic hydroxyl groups excluding tert-OH is 1. The van der Waals surface area contributed by atoms with Crippen molar-refractivity contribution >= 4 is 35.2 Å². The summed E-state index contributed by atoms with van der Waals surface area (Å²) in [5.41, 5.74) is 0.530. The van der Waals surface area contributed by atoms with E-state index in [0.29, 0.717) is 12.0 Å². The van der Waals surface area contributed by atoms with E-state index in [0.717, 1.165) is 0 Å². The minimum absolute atomic E-state index is 0.0586. The number of nitrogens with one attached hydrogen (secondary N) is 2. The summed E-state index contributed by atoms with van der Waals surface area (Å²) in [6, 6.07) is 11.9. The number of non-ortho nitro benzene ring substituents is 1. The van der Waals surface area contributed by atoms with Crippen LogP contribution in [0.1, 0.15) is 22.3 Å². The van der Waals surface area contributed by atoms with Gasteiger partial charge in [0.2, 0.25) is 0 Å². The molecule has 0 saturated carbocycles. The molecule has 3 N–H and O–H groups in total. The van der Waals surface area contributed by atoms with Crippen LogP contribution in [0.5, 0.6) is 0 Å². The molecule has 0 atom stereocenters. The summed E-state index contributed by atoms with van der Waals surface area (Å²) >= 11 is 6.02. The van der Waals surface area contributed by atoms with E-state index in [2.05, 4.69) is 10.6 Å². The number of aliphatic hydroxyl groups is 1. The number of hydrogen-bond donors (Lipinski definition) is 3. The van der Waals surface area contributed by atoms with Gasteiger partial charge in [0.05, 0.1) is 15.5 Å². The van der Waals surface area contributed by atoms with E-state index < -0.39 is 16.7 Å². The van der Waals surface area contributed by atoms with E-state index in [-0.39, 0.29) is 35.1 Å². The van der Waals surface area contributed by atoms with Crippen molar-refractivity contribution in [1.82, 2.24) is 10.6 Å². The molecule has 146 valence electrons. The molecule has 0 aliphatic carbocycles. The Kier molecular flexibility index (Phi) is 7.67. The Morgan fingerprint density at radius 2 is 1.82 bits per heavy atom. The average molecular weight is 404 g/mol. The molecule has 28 heavy (non-hydrogen) atoms. The Morgan fingerprint density at radius 1 is 1.14 bits per heavy atom. The van der Waals surface area contributed by atoms with E-state index >= 15 is 0 Å². The highest BCUT2D eigenvalue weighted by atomic mass is 35.5. The lowest BCUT2D eigenvalue weighted by Crippen LogP contribution is -2.35. The number of nitrogens with zero attached hydrogens (tertiary/aromatic N) is 1. The zero-order valence-corrected chi connectivity index (χ0v) is 15.5. The molecule has 0 aromatic heterocycles. The Bertz CT molecular complexity index is 897. The van der Waals surface area contributed by atoms with Crippen molar-refractivity contribution in [1.29, 1.82) is 0 Å². The number of carbonyl (C=O) groups excluding carboxylic acids is 2. The fraction of sp³-hybridized carbons (Fsp3) is 0.158. The van der Waals surface area contributed by atoms with E-state index in [9.17, 15) is 19.7 Å². The predicted molar refractivity (Wildman–Crippen MR) is 105 cm³/mol. The molecule has 0 aliphatic heterocycles. The van der Waals surface area contributed by atoms with Crippen LogP contribution >= 0.6 is 11.6 Å². The second-order valence-electron chi connectivity index (χ2n) is 5.67. The van der Waals surface area contributed by atoms with Crippen LogP contribution < -0.4 is 10.6 Å². The summed E-state index contributed by atoms with van der Waals surface area (Å²) in [7, 11) is 0. The van der Waals surface area contributed by atoms with Gasteiger partial charge in [-0.2, -0.15) is 0 Å². The van der Waals surface area contributed by atoms with E-state index in [1.165, 1.54) is 36.4 Å².